The van der Waals surface area contributed by atoms with Crippen molar-refractivity contribution in [2.75, 3.05) is 13.6 Å². The van der Waals surface area contributed by atoms with Crippen molar-refractivity contribution in [2.24, 2.45) is 10.7 Å². The second-order valence-electron chi connectivity index (χ2n) is 3.25. The van der Waals surface area contributed by atoms with Crippen LogP contribution in [0.25, 0.3) is 0 Å². The molecule has 0 atom stereocenters. The van der Waals surface area contributed by atoms with E-state index in [1.807, 2.05) is 26.3 Å². The summed E-state index contributed by atoms with van der Waals surface area (Å²) in [5.74, 6) is 0.334. The first-order valence-corrected chi connectivity index (χ1v) is 4.53. The average molecular weight is 190 g/mol. The number of rotatable bonds is 3. The summed E-state index contributed by atoms with van der Waals surface area (Å²) in [5.41, 5.74) is 7.71. The minimum absolute atomic E-state index is 0.334. The van der Waals surface area contributed by atoms with E-state index in [4.69, 9.17) is 5.73 Å². The quantitative estimate of drug-likeness (QED) is 0.525. The van der Waals surface area contributed by atoms with Crippen molar-refractivity contribution in [1.82, 2.24) is 0 Å². The highest BCUT2D eigenvalue weighted by molar-refractivity contribution is 5.88. The lowest BCUT2D eigenvalue weighted by atomic mass is 10.1. The smallest absolute Gasteiger partial charge is 0.168 e. The van der Waals surface area contributed by atoms with Crippen molar-refractivity contribution in [3.63, 3.8) is 0 Å². The van der Waals surface area contributed by atoms with E-state index < -0.39 is 0 Å². The summed E-state index contributed by atoms with van der Waals surface area (Å²) in [7, 11) is 2.04. The Kier molecular flexibility index (Phi) is 3.40. The van der Waals surface area contributed by atoms with Crippen LogP contribution in [0.5, 0.6) is 0 Å². The number of aliphatic imine (C=N–C) groups is 1. The molecule has 0 aromatic rings. The van der Waals surface area contributed by atoms with E-state index in [9.17, 15) is 0 Å². The van der Waals surface area contributed by atoms with E-state index >= 15 is 0 Å². The van der Waals surface area contributed by atoms with E-state index in [1.54, 1.807) is 6.21 Å². The van der Waals surface area contributed by atoms with Crippen molar-refractivity contribution in [3.8, 4) is 0 Å². The summed E-state index contributed by atoms with van der Waals surface area (Å²) in [4.78, 5) is 3.98. The number of likely N-dealkylation sites (N-methyl/N-ethyl adjacent to an activating group) is 1. The van der Waals surface area contributed by atoms with Crippen LogP contribution in [-0.4, -0.2) is 30.6 Å². The lowest BCUT2D eigenvalue weighted by Gasteiger charge is -1.99. The molecule has 0 aromatic heterocycles. The van der Waals surface area contributed by atoms with Gasteiger partial charge in [0.1, 0.15) is 12.9 Å². The van der Waals surface area contributed by atoms with Gasteiger partial charge in [0.15, 0.2) is 12.8 Å². The zero-order chi connectivity index (χ0) is 10.6. The largest absolute Gasteiger partial charge is 0.384 e. The summed E-state index contributed by atoms with van der Waals surface area (Å²) >= 11 is 0. The predicted molar refractivity (Wildman–Crippen MR) is 60.8 cm³/mol. The topological polar surface area (TPSA) is 41.4 Å². The molecule has 0 aliphatic carbocycles. The van der Waals surface area contributed by atoms with Gasteiger partial charge in [0.05, 0.1) is 0 Å². The summed E-state index contributed by atoms with van der Waals surface area (Å²) in [6.07, 6.45) is 7.90. The van der Waals surface area contributed by atoms with Crippen molar-refractivity contribution >= 4 is 12.4 Å². The number of nitrogens with zero attached hydrogens (tertiary/aromatic N) is 2. The van der Waals surface area contributed by atoms with Crippen molar-refractivity contribution < 1.29 is 4.58 Å². The second kappa shape index (κ2) is 4.56. The third kappa shape index (κ3) is 2.69. The van der Waals surface area contributed by atoms with Gasteiger partial charge in [-0.05, 0) is 12.5 Å². The molecule has 1 heterocycles. The average Bonchev–Trinajstić information content (AvgIpc) is 2.53. The van der Waals surface area contributed by atoms with Crippen molar-refractivity contribution in [1.29, 1.82) is 0 Å². The van der Waals surface area contributed by atoms with Gasteiger partial charge in [0.2, 0.25) is 0 Å². The van der Waals surface area contributed by atoms with E-state index in [0.29, 0.717) is 5.82 Å². The Hall–Kier alpha value is -1.64. The van der Waals surface area contributed by atoms with Gasteiger partial charge in [-0.1, -0.05) is 12.7 Å². The molecule has 0 saturated carbocycles. The molecule has 0 bridgehead atoms. The molecule has 0 amide bonds. The molecule has 0 fully saturated rings. The lowest BCUT2D eigenvalue weighted by molar-refractivity contribution is -0.478. The maximum atomic E-state index is 5.36. The van der Waals surface area contributed by atoms with E-state index in [1.165, 1.54) is 5.57 Å². The summed E-state index contributed by atoms with van der Waals surface area (Å²) in [6.45, 7) is 6.42. The van der Waals surface area contributed by atoms with Gasteiger partial charge in [-0.25, -0.2) is 9.57 Å². The first kappa shape index (κ1) is 10.4. The molecule has 0 radical (unpaired) electrons. The van der Waals surface area contributed by atoms with Crippen molar-refractivity contribution in [3.05, 3.63) is 35.7 Å². The first-order valence-electron chi connectivity index (χ1n) is 4.53. The second-order valence-corrected chi connectivity index (χ2v) is 3.25. The van der Waals surface area contributed by atoms with Crippen LogP contribution in [0.15, 0.2) is 40.7 Å². The standard InChI is InChI=1S/C11H16N3/c1-4-10(7-13-9(2)12)11-5-6-14(3)8-11/h4-7H,2,8,12H2,1,3H3/q+1. The van der Waals surface area contributed by atoms with Gasteiger partial charge in [0, 0.05) is 17.9 Å². The van der Waals surface area contributed by atoms with Crippen LogP contribution in [-0.2, 0) is 0 Å². The Morgan fingerprint density at radius 1 is 1.71 bits per heavy atom. The molecule has 0 unspecified atom stereocenters. The maximum absolute atomic E-state index is 5.36. The molecular formula is C11H16N3+. The van der Waals surface area contributed by atoms with Gasteiger partial charge >= 0.3 is 0 Å². The monoisotopic (exact) mass is 190 g/mol. The Morgan fingerprint density at radius 2 is 2.43 bits per heavy atom. The lowest BCUT2D eigenvalue weighted by Crippen LogP contribution is -2.05. The van der Waals surface area contributed by atoms with Crippen LogP contribution in [0.2, 0.25) is 0 Å². The van der Waals surface area contributed by atoms with Crippen LogP contribution in [0.1, 0.15) is 6.92 Å². The Labute approximate surface area is 84.7 Å². The zero-order valence-electron chi connectivity index (χ0n) is 8.70. The zero-order valence-corrected chi connectivity index (χ0v) is 8.70. The molecular weight excluding hydrogens is 174 g/mol. The number of allylic oxidation sites excluding steroid dienone is 2. The Morgan fingerprint density at radius 3 is 2.86 bits per heavy atom. The molecule has 0 spiro atoms. The normalized spacial score (nSPS) is 17.1. The summed E-state index contributed by atoms with van der Waals surface area (Å²) in [6, 6.07) is 0. The predicted octanol–water partition coefficient (Wildman–Crippen LogP) is 1.09. The van der Waals surface area contributed by atoms with Gasteiger partial charge in [-0.3, -0.25) is 0 Å². The minimum Gasteiger partial charge on any atom is -0.384 e. The third-order valence-corrected chi connectivity index (χ3v) is 2.00. The Bertz CT molecular complexity index is 357. The molecule has 74 valence electrons. The molecule has 3 nitrogen and oxygen atoms in total. The van der Waals surface area contributed by atoms with Gasteiger partial charge in [0.25, 0.3) is 0 Å². The third-order valence-electron chi connectivity index (χ3n) is 2.00. The fraction of sp³-hybridized carbons (Fsp3) is 0.273. The van der Waals surface area contributed by atoms with E-state index in [2.05, 4.69) is 22.2 Å². The fourth-order valence-corrected chi connectivity index (χ4v) is 1.27. The molecule has 3 heteroatoms. The number of hydrogen-bond donors (Lipinski definition) is 1. The molecule has 0 saturated heterocycles. The van der Waals surface area contributed by atoms with Gasteiger partial charge < -0.3 is 5.73 Å². The molecule has 0 aromatic carbocycles. The van der Waals surface area contributed by atoms with Gasteiger partial charge in [-0.15, -0.1) is 0 Å². The van der Waals surface area contributed by atoms with Gasteiger partial charge in [-0.2, -0.15) is 0 Å². The SMILES string of the molecule is C=C(N)N=CC(=CC)C1=CC=[N+](C)C1. The minimum atomic E-state index is 0.334. The number of nitrogens with two attached hydrogens (primary N) is 1. The number of hydrogen-bond acceptors (Lipinski definition) is 2. The summed E-state index contributed by atoms with van der Waals surface area (Å²) < 4.78 is 2.12. The first-order chi connectivity index (χ1) is 6.63. The van der Waals surface area contributed by atoms with Crippen molar-refractivity contribution in [2.45, 2.75) is 6.92 Å². The van der Waals surface area contributed by atoms with Crippen LogP contribution >= 0.6 is 0 Å². The molecule has 1 aliphatic heterocycles. The van der Waals surface area contributed by atoms with Crippen LogP contribution in [0.4, 0.5) is 0 Å². The maximum Gasteiger partial charge on any atom is 0.168 e. The molecule has 1 aliphatic rings. The van der Waals surface area contributed by atoms with Crippen LogP contribution in [0, 0.1) is 0 Å². The van der Waals surface area contributed by atoms with Crippen LogP contribution < -0.4 is 5.73 Å². The highest BCUT2D eigenvalue weighted by Crippen LogP contribution is 2.10. The fourth-order valence-electron chi connectivity index (χ4n) is 1.27. The highest BCUT2D eigenvalue weighted by atomic mass is 15.0. The molecule has 14 heavy (non-hydrogen) atoms. The highest BCUT2D eigenvalue weighted by Gasteiger charge is 2.12. The van der Waals surface area contributed by atoms with E-state index in [-0.39, 0.29) is 0 Å². The van der Waals surface area contributed by atoms with Crippen LogP contribution in [0.3, 0.4) is 0 Å². The Balaban J connectivity index is 2.72. The summed E-state index contributed by atoms with van der Waals surface area (Å²) in [5, 5.41) is 0. The van der Waals surface area contributed by atoms with E-state index in [0.717, 1.165) is 12.1 Å². The molecule has 2 N–H and O–H groups in total. The molecule has 1 rings (SSSR count).